The molecule has 0 aliphatic carbocycles. The van der Waals surface area contributed by atoms with Crippen LogP contribution in [0.1, 0.15) is 47.5 Å². The van der Waals surface area contributed by atoms with E-state index in [2.05, 4.69) is 16.0 Å². The third-order valence-electron chi connectivity index (χ3n) is 4.43. The number of aliphatic hydroxyl groups is 1. The summed E-state index contributed by atoms with van der Waals surface area (Å²) in [4.78, 5) is 60.0. The second-order valence-corrected chi connectivity index (χ2v) is 8.26. The molecular weight excluding hydrogens is 410 g/mol. The van der Waals surface area contributed by atoms with Crippen LogP contribution < -0.4 is 27.4 Å². The normalized spacial score (nSPS) is 16.0. The van der Waals surface area contributed by atoms with E-state index in [1.165, 1.54) is 6.92 Å². The molecule has 12 nitrogen and oxygen atoms in total. The number of primary amides is 1. The van der Waals surface area contributed by atoms with Crippen LogP contribution in [0.25, 0.3) is 0 Å². The molecule has 0 rings (SSSR count). The van der Waals surface area contributed by atoms with Gasteiger partial charge in [0.15, 0.2) is 0 Å². The summed E-state index contributed by atoms with van der Waals surface area (Å²) in [5.41, 5.74) is 10.6. The van der Waals surface area contributed by atoms with Crippen LogP contribution >= 0.6 is 0 Å². The standard InChI is InChI=1S/C19H35N5O7/c1-8(2)6-11(16(27)23-12(19(30)31)7-13(20)26)22-18(29)15(9(3)4)24-17(28)14(21)10(5)25/h8-12,14-15,25H,6-7,21H2,1-5H3,(H2,20,26)(H,22,29)(H,23,27)(H,24,28)(H,30,31). The highest BCUT2D eigenvalue weighted by atomic mass is 16.4. The number of aliphatic carboxylic acids is 1. The summed E-state index contributed by atoms with van der Waals surface area (Å²) < 4.78 is 0. The Morgan fingerprint density at radius 2 is 1.35 bits per heavy atom. The zero-order valence-electron chi connectivity index (χ0n) is 18.5. The first-order chi connectivity index (χ1) is 14.2. The van der Waals surface area contributed by atoms with E-state index in [4.69, 9.17) is 11.5 Å². The summed E-state index contributed by atoms with van der Waals surface area (Å²) in [5, 5.41) is 25.8. The molecule has 12 heteroatoms. The van der Waals surface area contributed by atoms with Crippen molar-refractivity contribution in [3.8, 4) is 0 Å². The Balaban J connectivity index is 5.47. The molecule has 31 heavy (non-hydrogen) atoms. The summed E-state index contributed by atoms with van der Waals surface area (Å²) in [7, 11) is 0. The molecule has 0 spiro atoms. The predicted molar refractivity (Wildman–Crippen MR) is 111 cm³/mol. The molecule has 0 heterocycles. The second kappa shape index (κ2) is 12.8. The molecule has 0 fully saturated rings. The molecule has 5 atom stereocenters. The minimum atomic E-state index is -1.54. The molecule has 0 aromatic rings. The van der Waals surface area contributed by atoms with E-state index in [1.807, 2.05) is 0 Å². The lowest BCUT2D eigenvalue weighted by molar-refractivity contribution is -0.144. The first-order valence-electron chi connectivity index (χ1n) is 10.0. The molecule has 0 aromatic carbocycles. The van der Waals surface area contributed by atoms with E-state index in [-0.39, 0.29) is 18.3 Å². The zero-order chi connectivity index (χ0) is 24.5. The monoisotopic (exact) mass is 445 g/mol. The molecule has 0 saturated carbocycles. The van der Waals surface area contributed by atoms with Gasteiger partial charge >= 0.3 is 5.97 Å². The SMILES string of the molecule is CC(C)CC(NC(=O)C(NC(=O)C(N)C(C)O)C(C)C)C(=O)NC(CC(N)=O)C(=O)O. The molecule has 0 saturated heterocycles. The van der Waals surface area contributed by atoms with E-state index in [1.54, 1.807) is 27.7 Å². The van der Waals surface area contributed by atoms with Crippen molar-refractivity contribution in [3.05, 3.63) is 0 Å². The number of carbonyl (C=O) groups is 5. The highest BCUT2D eigenvalue weighted by molar-refractivity contribution is 5.95. The van der Waals surface area contributed by atoms with Crippen molar-refractivity contribution < 1.29 is 34.2 Å². The first kappa shape index (κ1) is 28.3. The number of hydrogen-bond acceptors (Lipinski definition) is 7. The number of carbonyl (C=O) groups excluding carboxylic acids is 4. The Hall–Kier alpha value is -2.73. The van der Waals surface area contributed by atoms with E-state index in [0.29, 0.717) is 0 Å². The molecule has 178 valence electrons. The van der Waals surface area contributed by atoms with Gasteiger partial charge in [-0.1, -0.05) is 27.7 Å². The van der Waals surface area contributed by atoms with Crippen molar-refractivity contribution in [1.82, 2.24) is 16.0 Å². The van der Waals surface area contributed by atoms with Gasteiger partial charge in [-0.15, -0.1) is 0 Å². The van der Waals surface area contributed by atoms with Crippen molar-refractivity contribution in [3.63, 3.8) is 0 Å². The van der Waals surface area contributed by atoms with E-state index >= 15 is 0 Å². The van der Waals surface area contributed by atoms with Crippen LogP contribution in [0.5, 0.6) is 0 Å². The highest BCUT2D eigenvalue weighted by Gasteiger charge is 2.32. The maximum atomic E-state index is 12.8. The predicted octanol–water partition coefficient (Wildman–Crippen LogP) is -2.19. The third kappa shape index (κ3) is 10.2. The van der Waals surface area contributed by atoms with Crippen LogP contribution in [-0.2, 0) is 24.0 Å². The molecule has 0 bridgehead atoms. The number of nitrogens with two attached hydrogens (primary N) is 2. The van der Waals surface area contributed by atoms with Gasteiger partial charge in [-0.25, -0.2) is 4.79 Å². The maximum absolute atomic E-state index is 12.8. The lowest BCUT2D eigenvalue weighted by Crippen LogP contribution is -2.59. The minimum Gasteiger partial charge on any atom is -0.480 e. The molecule has 0 radical (unpaired) electrons. The third-order valence-corrected chi connectivity index (χ3v) is 4.43. The van der Waals surface area contributed by atoms with Crippen molar-refractivity contribution in [2.45, 2.75) is 77.7 Å². The van der Waals surface area contributed by atoms with Crippen LogP contribution in [0.4, 0.5) is 0 Å². The summed E-state index contributed by atoms with van der Waals surface area (Å²) in [5.74, 6) is -4.99. The number of rotatable bonds is 13. The Kier molecular flexibility index (Phi) is 11.7. The van der Waals surface area contributed by atoms with Gasteiger partial charge in [0.25, 0.3) is 0 Å². The fourth-order valence-corrected chi connectivity index (χ4v) is 2.64. The van der Waals surface area contributed by atoms with Gasteiger partial charge in [0.05, 0.1) is 12.5 Å². The van der Waals surface area contributed by atoms with Crippen molar-refractivity contribution in [2.75, 3.05) is 0 Å². The van der Waals surface area contributed by atoms with Crippen LogP contribution in [-0.4, -0.2) is 70.1 Å². The van der Waals surface area contributed by atoms with Gasteiger partial charge in [0.2, 0.25) is 23.6 Å². The summed E-state index contributed by atoms with van der Waals surface area (Å²) >= 11 is 0. The smallest absolute Gasteiger partial charge is 0.326 e. The summed E-state index contributed by atoms with van der Waals surface area (Å²) in [6, 6.07) is -4.96. The lowest BCUT2D eigenvalue weighted by Gasteiger charge is -2.28. The maximum Gasteiger partial charge on any atom is 0.326 e. The molecular formula is C19H35N5O7. The molecule has 5 unspecified atom stereocenters. The quantitative estimate of drug-likeness (QED) is 0.165. The van der Waals surface area contributed by atoms with Gasteiger partial charge in [-0.2, -0.15) is 0 Å². The zero-order valence-corrected chi connectivity index (χ0v) is 18.5. The summed E-state index contributed by atoms with van der Waals surface area (Å²) in [6.45, 7) is 8.27. The van der Waals surface area contributed by atoms with E-state index in [9.17, 15) is 34.2 Å². The van der Waals surface area contributed by atoms with Gasteiger partial charge in [0, 0.05) is 0 Å². The average molecular weight is 446 g/mol. The fraction of sp³-hybridized carbons (Fsp3) is 0.737. The van der Waals surface area contributed by atoms with Crippen molar-refractivity contribution in [1.29, 1.82) is 0 Å². The van der Waals surface area contributed by atoms with Gasteiger partial charge < -0.3 is 37.6 Å². The number of carboxylic acid groups (broad SMARTS) is 1. The van der Waals surface area contributed by atoms with Gasteiger partial charge in [-0.3, -0.25) is 19.2 Å². The van der Waals surface area contributed by atoms with Crippen LogP contribution in [0.15, 0.2) is 0 Å². The molecule has 0 aromatic heterocycles. The first-order valence-corrected chi connectivity index (χ1v) is 10.0. The van der Waals surface area contributed by atoms with E-state index in [0.717, 1.165) is 0 Å². The Labute approximate surface area is 181 Å². The molecule has 0 aliphatic heterocycles. The number of amides is 4. The number of nitrogens with one attached hydrogen (secondary N) is 3. The van der Waals surface area contributed by atoms with Crippen molar-refractivity contribution in [2.24, 2.45) is 23.3 Å². The highest BCUT2D eigenvalue weighted by Crippen LogP contribution is 2.09. The Morgan fingerprint density at radius 3 is 1.74 bits per heavy atom. The number of carboxylic acids is 1. The molecule has 4 amide bonds. The lowest BCUT2D eigenvalue weighted by atomic mass is 9.99. The Bertz CT molecular complexity index is 666. The largest absolute Gasteiger partial charge is 0.480 e. The fourth-order valence-electron chi connectivity index (χ4n) is 2.64. The second-order valence-electron chi connectivity index (χ2n) is 8.26. The topological polar surface area (TPSA) is 214 Å². The minimum absolute atomic E-state index is 0.0498. The van der Waals surface area contributed by atoms with E-state index < -0.39 is 66.3 Å². The van der Waals surface area contributed by atoms with Gasteiger partial charge in [-0.05, 0) is 25.2 Å². The van der Waals surface area contributed by atoms with Crippen LogP contribution in [0, 0.1) is 11.8 Å². The van der Waals surface area contributed by atoms with Gasteiger partial charge in [0.1, 0.15) is 24.2 Å². The molecule has 0 aliphatic rings. The average Bonchev–Trinajstić information content (AvgIpc) is 2.62. The summed E-state index contributed by atoms with van der Waals surface area (Å²) in [6.07, 6.45) is -1.56. The number of hydrogen-bond donors (Lipinski definition) is 7. The molecule has 9 N–H and O–H groups in total. The van der Waals surface area contributed by atoms with Crippen LogP contribution in [0.2, 0.25) is 0 Å². The Morgan fingerprint density at radius 1 is 0.839 bits per heavy atom. The number of aliphatic hydroxyl groups excluding tert-OH is 1. The van der Waals surface area contributed by atoms with Crippen molar-refractivity contribution >= 4 is 29.6 Å². The van der Waals surface area contributed by atoms with Crippen LogP contribution in [0.3, 0.4) is 0 Å².